The predicted octanol–water partition coefficient (Wildman–Crippen LogP) is 1.48. The van der Waals surface area contributed by atoms with Crippen LogP contribution in [0.3, 0.4) is 0 Å². The first kappa shape index (κ1) is 29.3. The topological polar surface area (TPSA) is 90.7 Å². The van der Waals surface area contributed by atoms with Crippen LogP contribution >= 0.6 is 20.7 Å². The zero-order valence-electron chi connectivity index (χ0n) is 26.0. The number of carbonyl (C=O) groups is 2. The lowest BCUT2D eigenvalue weighted by atomic mass is 9.61. The summed E-state index contributed by atoms with van der Waals surface area (Å²) in [5.74, 6) is -0.391. The quantitative estimate of drug-likeness (QED) is 0.177. The van der Waals surface area contributed by atoms with Gasteiger partial charge in [0.25, 0.3) is 0 Å². The van der Waals surface area contributed by atoms with Crippen molar-refractivity contribution in [1.29, 1.82) is 0 Å². The van der Waals surface area contributed by atoms with Gasteiger partial charge in [0.1, 0.15) is 37.0 Å². The minimum Gasteiger partial charge on any atom is -0.350 e. The third kappa shape index (κ3) is 3.33. The standard InChI is InChI=1S/C32H46F3IN6O2/c1-15-30(2,3)24(37)22(26-36-29-31-8-17(33)14-42(26)21(9-31)25(42)32(15,29)31)27(43)39-20-11-38-10-19(35)23(20)40-6-4-16(5-7-40)28(44)41-12-18(34)13-41/h15-25,29,38H,4-14,37H2,1-3H3/p+1/t15-,17?,19?,20?,21?,22?,23?,24?,25?,29?,31?,32?,42?/m1/s1. The molecule has 9 aliphatic heterocycles. The number of alkyl halides is 4. The van der Waals surface area contributed by atoms with E-state index in [-0.39, 0.29) is 59.7 Å². The number of hydrogen-bond acceptors (Lipinski definition) is 5. The number of fused-ring (bicyclic) bond motifs is 5. The van der Waals surface area contributed by atoms with Crippen LogP contribution < -0.4 is 16.4 Å². The van der Waals surface area contributed by atoms with Gasteiger partial charge in [-0.25, -0.2) is 13.2 Å². The Morgan fingerprint density at radius 2 is 1.82 bits per heavy atom. The lowest BCUT2D eigenvalue weighted by molar-refractivity contribution is -0.741. The summed E-state index contributed by atoms with van der Waals surface area (Å²) < 4.78 is 47.3. The van der Waals surface area contributed by atoms with E-state index in [4.69, 9.17) is 5.73 Å². The zero-order valence-corrected chi connectivity index (χ0v) is 28.1. The Kier molecular flexibility index (Phi) is 6.13. The Balaban J connectivity index is 0.982. The van der Waals surface area contributed by atoms with E-state index < -0.39 is 57.2 Å². The van der Waals surface area contributed by atoms with E-state index in [1.54, 1.807) is 4.90 Å². The van der Waals surface area contributed by atoms with Gasteiger partial charge in [-0.1, -0.05) is 41.5 Å². The molecule has 2 amide bonds. The van der Waals surface area contributed by atoms with Crippen molar-refractivity contribution in [1.82, 2.24) is 20.4 Å². The molecule has 9 heterocycles. The smallest absolute Gasteiger partial charge is 0.235 e. The second-order valence-electron chi connectivity index (χ2n) is 16.5. The fourth-order valence-corrected chi connectivity index (χ4v) is 18.9. The molecular weight excluding hydrogens is 684 g/mol. The van der Waals surface area contributed by atoms with Crippen LogP contribution in [0.2, 0.25) is 0 Å². The number of carbonyl (C=O) groups excluding carboxylic acids is 2. The van der Waals surface area contributed by atoms with Crippen molar-refractivity contribution in [2.75, 3.05) is 45.8 Å². The van der Waals surface area contributed by atoms with E-state index in [1.165, 1.54) is 3.63 Å². The molecule has 2 saturated carbocycles. The number of piperidine rings is 3. The lowest BCUT2D eigenvalue weighted by Crippen LogP contribution is -2.69. The van der Waals surface area contributed by atoms with Gasteiger partial charge >= 0.3 is 0 Å². The Hall–Kier alpha value is -0.830. The van der Waals surface area contributed by atoms with E-state index in [0.29, 0.717) is 67.4 Å². The first-order valence-corrected chi connectivity index (χ1v) is 19.3. The van der Waals surface area contributed by atoms with Crippen LogP contribution in [0, 0.1) is 34.0 Å². The SMILES string of the molecule is C[C@@H]1C(C)(C)C(N)C(C(=O)NC2CNCC(F)C2N2CCC(C(=O)N3CC(F)C3)CC2)C2=IC3C45CC(F)C[N+]26C(C4)C6C315. The average Bonchev–Trinajstić information content (AvgIpc) is 3.76. The minimum absolute atomic E-state index is 0.0157. The van der Waals surface area contributed by atoms with Gasteiger partial charge in [-0.2, -0.15) is 0 Å². The summed E-state index contributed by atoms with van der Waals surface area (Å²) in [5.41, 5.74) is 7.24. The Morgan fingerprint density at radius 1 is 1.09 bits per heavy atom. The molecule has 11 aliphatic rings. The number of amides is 2. The largest absolute Gasteiger partial charge is 0.350 e. The van der Waals surface area contributed by atoms with Crippen LogP contribution in [0.15, 0.2) is 0 Å². The Bertz CT molecular complexity index is 1340. The fraction of sp³-hybridized carbons (Fsp3) is 0.906. The van der Waals surface area contributed by atoms with Crippen molar-refractivity contribution in [3.05, 3.63) is 0 Å². The highest BCUT2D eigenvalue weighted by atomic mass is 127. The summed E-state index contributed by atoms with van der Waals surface area (Å²) in [5, 5.41) is 6.54. The second kappa shape index (κ2) is 9.19. The third-order valence-electron chi connectivity index (χ3n) is 14.7. The molecule has 9 fully saturated rings. The van der Waals surface area contributed by atoms with Crippen LogP contribution in [-0.2, 0) is 9.59 Å². The first-order valence-electron chi connectivity index (χ1n) is 17.0. The Labute approximate surface area is 267 Å². The highest BCUT2D eigenvalue weighted by Gasteiger charge is 3.03. The van der Waals surface area contributed by atoms with Crippen LogP contribution in [0.25, 0.3) is 0 Å². The molecule has 244 valence electrons. The molecule has 4 N–H and O–H groups in total. The number of rotatable bonds is 4. The van der Waals surface area contributed by atoms with Crippen molar-refractivity contribution in [3.8, 4) is 0 Å². The molecule has 12 unspecified atom stereocenters. The maximum absolute atomic E-state index is 15.7. The molecule has 11 rings (SSSR count). The third-order valence-corrected chi connectivity index (χ3v) is 19.7. The van der Waals surface area contributed by atoms with Crippen LogP contribution in [0.4, 0.5) is 13.2 Å². The number of nitrogens with zero attached hydrogens (tertiary/aromatic N) is 3. The van der Waals surface area contributed by atoms with Gasteiger partial charge in [-0.3, -0.25) is 19.0 Å². The average molecular weight is 732 g/mol. The Morgan fingerprint density at radius 3 is 2.52 bits per heavy atom. The summed E-state index contributed by atoms with van der Waals surface area (Å²) >= 11 is -0.439. The molecule has 7 saturated heterocycles. The second-order valence-corrected chi connectivity index (χ2v) is 19.5. The molecule has 13 atom stereocenters. The number of quaternary nitrogens is 1. The molecule has 0 radical (unpaired) electrons. The maximum Gasteiger partial charge on any atom is 0.235 e. The van der Waals surface area contributed by atoms with Crippen LogP contribution in [-0.4, -0.2) is 128 Å². The fourth-order valence-electron chi connectivity index (χ4n) is 12.4. The highest BCUT2D eigenvalue weighted by Crippen LogP contribution is 2.94. The van der Waals surface area contributed by atoms with E-state index in [2.05, 4.69) is 36.3 Å². The highest BCUT2D eigenvalue weighted by molar-refractivity contribution is 14.2. The number of likely N-dealkylation sites (tertiary alicyclic amines) is 2. The molecule has 44 heavy (non-hydrogen) atoms. The van der Waals surface area contributed by atoms with Crippen LogP contribution in [0.5, 0.6) is 0 Å². The van der Waals surface area contributed by atoms with E-state index in [1.807, 2.05) is 0 Å². The van der Waals surface area contributed by atoms with Crippen molar-refractivity contribution in [3.63, 3.8) is 0 Å². The number of nitrogens with one attached hydrogen (secondary N) is 2. The molecule has 12 heteroatoms. The first-order chi connectivity index (χ1) is 20.9. The molecule has 2 aliphatic carbocycles. The number of hydrogen-bond donors (Lipinski definition) is 3. The molecule has 0 aromatic carbocycles. The number of halogens is 4. The molecule has 0 aromatic heterocycles. The molecule has 8 nitrogen and oxygen atoms in total. The monoisotopic (exact) mass is 731 g/mol. The van der Waals surface area contributed by atoms with Gasteiger partial charge in [0.15, 0.2) is 9.67 Å². The molecule has 3 spiro atoms. The van der Waals surface area contributed by atoms with Crippen LogP contribution in [0.1, 0.15) is 46.5 Å². The summed E-state index contributed by atoms with van der Waals surface area (Å²) in [6.45, 7) is 9.57. The maximum atomic E-state index is 15.7. The summed E-state index contributed by atoms with van der Waals surface area (Å²) in [4.78, 5) is 31.2. The normalized spacial score (nSPS) is 53.8. The lowest BCUT2D eigenvalue weighted by Gasteiger charge is -2.50. The van der Waals surface area contributed by atoms with Gasteiger partial charge in [0.05, 0.1) is 30.6 Å². The molecule has 6 bridgehead atoms. The zero-order chi connectivity index (χ0) is 30.7. The van der Waals surface area contributed by atoms with E-state index in [9.17, 15) is 14.0 Å². The summed E-state index contributed by atoms with van der Waals surface area (Å²) in [6.07, 6.45) is 0.157. The summed E-state index contributed by atoms with van der Waals surface area (Å²) in [7, 11) is 0. The molecule has 0 aromatic rings. The minimum atomic E-state index is -1.16. The summed E-state index contributed by atoms with van der Waals surface area (Å²) in [6, 6.07) is -0.376. The van der Waals surface area contributed by atoms with Gasteiger partial charge in [0.2, 0.25) is 11.8 Å². The molecular formula is C32H47F3IN6O2+. The van der Waals surface area contributed by atoms with Gasteiger partial charge in [-0.05, 0) is 43.7 Å². The van der Waals surface area contributed by atoms with E-state index in [0.717, 1.165) is 10.9 Å². The van der Waals surface area contributed by atoms with Crippen molar-refractivity contribution < 1.29 is 27.2 Å². The van der Waals surface area contributed by atoms with Gasteiger partial charge < -0.3 is 21.3 Å². The van der Waals surface area contributed by atoms with E-state index >= 15 is 8.78 Å². The number of nitrogens with two attached hydrogens (primary N) is 1. The van der Waals surface area contributed by atoms with Crippen molar-refractivity contribution in [2.24, 2.45) is 39.7 Å². The van der Waals surface area contributed by atoms with Gasteiger partial charge in [-0.15, -0.1) is 0 Å². The van der Waals surface area contributed by atoms with Gasteiger partial charge in [0, 0.05) is 40.8 Å². The van der Waals surface area contributed by atoms with Crippen molar-refractivity contribution in [2.45, 2.75) is 99.1 Å². The van der Waals surface area contributed by atoms with Crippen molar-refractivity contribution >= 4 is 36.2 Å². The predicted molar refractivity (Wildman–Crippen MR) is 168 cm³/mol.